The number of carbonyl (C=O) groups is 2. The number of phenolic OH excluding ortho intramolecular Hbond substituents is 1. The molecule has 0 aromatic heterocycles. The van der Waals surface area contributed by atoms with E-state index in [1.54, 1.807) is 26.8 Å². The number of rotatable bonds is 4. The minimum Gasteiger partial charge on any atom is -0.504 e. The van der Waals surface area contributed by atoms with E-state index < -0.39 is 67.1 Å². The van der Waals surface area contributed by atoms with Gasteiger partial charge in [0.2, 0.25) is 14.8 Å². The van der Waals surface area contributed by atoms with Crippen molar-refractivity contribution in [2.75, 3.05) is 18.4 Å². The Morgan fingerprint density at radius 2 is 1.86 bits per heavy atom. The van der Waals surface area contributed by atoms with Crippen LogP contribution < -0.4 is 10.6 Å². The maximum absolute atomic E-state index is 15.8. The number of nitrogens with zero attached hydrogens (tertiary/aromatic N) is 1. The summed E-state index contributed by atoms with van der Waals surface area (Å²) in [5.41, 5.74) is -1.02. The van der Waals surface area contributed by atoms with Gasteiger partial charge in [-0.25, -0.2) is 22.4 Å². The maximum Gasteiger partial charge on any atom is 0.410 e. The third kappa shape index (κ3) is 5.95. The molecule has 13 heteroatoms. The number of hydrogen-bond donors (Lipinski definition) is 3. The predicted octanol–water partition coefficient (Wildman–Crippen LogP) is 4.92. The average Bonchev–Trinajstić information content (AvgIpc) is 3.13. The van der Waals surface area contributed by atoms with Gasteiger partial charge in [-0.1, -0.05) is 29.3 Å². The summed E-state index contributed by atoms with van der Waals surface area (Å²) in [6.45, 7) is 4.63. The monoisotopic (exact) mass is 551 g/mol. The summed E-state index contributed by atoms with van der Waals surface area (Å²) in [5, 5.41) is 12.9. The van der Waals surface area contributed by atoms with Gasteiger partial charge in [0.05, 0.1) is 16.8 Å². The second kappa shape index (κ2) is 10.0. The fourth-order valence-electron chi connectivity index (χ4n) is 3.83. The van der Waals surface area contributed by atoms with Crippen molar-refractivity contribution in [3.05, 3.63) is 28.3 Å². The molecule has 3 rings (SSSR count). The van der Waals surface area contributed by atoms with Crippen LogP contribution in [-0.2, 0) is 14.6 Å². The first-order valence-electron chi connectivity index (χ1n) is 11.0. The molecule has 3 amide bonds. The topological polar surface area (TPSA) is 125 Å². The van der Waals surface area contributed by atoms with E-state index in [9.17, 15) is 23.1 Å². The first kappa shape index (κ1) is 27.3. The highest BCUT2D eigenvalue weighted by molar-refractivity contribution is 7.92. The first-order chi connectivity index (χ1) is 16.1. The maximum atomic E-state index is 15.8. The van der Waals surface area contributed by atoms with Crippen LogP contribution in [0.5, 0.6) is 5.75 Å². The zero-order valence-corrected chi connectivity index (χ0v) is 21.9. The molecule has 1 heterocycles. The number of alkyl halides is 1. The fourth-order valence-corrected chi connectivity index (χ4v) is 6.34. The smallest absolute Gasteiger partial charge is 0.410 e. The van der Waals surface area contributed by atoms with Crippen LogP contribution in [0.2, 0.25) is 5.02 Å². The largest absolute Gasteiger partial charge is 0.504 e. The van der Waals surface area contributed by atoms with E-state index in [4.69, 9.17) is 27.9 Å². The number of benzene rings is 1. The molecular weight excluding hydrogens is 524 g/mol. The molecule has 1 aromatic rings. The van der Waals surface area contributed by atoms with Gasteiger partial charge in [-0.3, -0.25) is 0 Å². The minimum absolute atomic E-state index is 0.209. The highest BCUT2D eigenvalue weighted by Crippen LogP contribution is 2.45. The lowest BCUT2D eigenvalue weighted by Gasteiger charge is -2.36. The van der Waals surface area contributed by atoms with E-state index >= 15 is 4.39 Å². The van der Waals surface area contributed by atoms with Crippen LogP contribution in [0.4, 0.5) is 19.7 Å². The van der Waals surface area contributed by atoms with Crippen molar-refractivity contribution in [2.45, 2.75) is 68.0 Å². The molecule has 0 saturated carbocycles. The molecule has 194 valence electrons. The van der Waals surface area contributed by atoms with Crippen LogP contribution in [0.25, 0.3) is 0 Å². The lowest BCUT2D eigenvalue weighted by molar-refractivity contribution is 0.0137. The number of ether oxygens (including phenoxy) is 1. The molecule has 0 radical (unpaired) electrons. The van der Waals surface area contributed by atoms with Crippen molar-refractivity contribution in [3.8, 4) is 5.75 Å². The van der Waals surface area contributed by atoms with Gasteiger partial charge in [0, 0.05) is 31.0 Å². The Balaban J connectivity index is 1.79. The zero-order valence-electron chi connectivity index (χ0n) is 19.5. The van der Waals surface area contributed by atoms with Crippen LogP contribution in [0.3, 0.4) is 0 Å². The number of halogens is 3. The first-order valence-corrected chi connectivity index (χ1v) is 13.2. The third-order valence-corrected chi connectivity index (χ3v) is 8.84. The summed E-state index contributed by atoms with van der Waals surface area (Å²) in [6.07, 6.45) is 1.30. The van der Waals surface area contributed by atoms with Crippen LogP contribution >= 0.6 is 23.2 Å². The number of sulfone groups is 1. The van der Waals surface area contributed by atoms with Crippen molar-refractivity contribution in [1.29, 1.82) is 0 Å². The summed E-state index contributed by atoms with van der Waals surface area (Å²) in [5.74, 6) is -0.882. The van der Waals surface area contributed by atoms with E-state index in [1.165, 1.54) is 11.0 Å². The van der Waals surface area contributed by atoms with Crippen molar-refractivity contribution in [2.24, 2.45) is 0 Å². The van der Waals surface area contributed by atoms with Crippen LogP contribution in [-0.4, -0.2) is 60.3 Å². The number of hydrogen-bond acceptors (Lipinski definition) is 6. The van der Waals surface area contributed by atoms with Gasteiger partial charge < -0.3 is 25.4 Å². The summed E-state index contributed by atoms with van der Waals surface area (Å²) in [6, 6.07) is 1.22. The second-order valence-electron chi connectivity index (χ2n) is 9.44. The Hall–Kier alpha value is -2.24. The van der Waals surface area contributed by atoms with Crippen molar-refractivity contribution in [3.63, 3.8) is 0 Å². The molecule has 1 unspecified atom stereocenters. The molecule has 1 fully saturated rings. The molecule has 0 spiro atoms. The van der Waals surface area contributed by atoms with Crippen molar-refractivity contribution < 1.29 is 32.2 Å². The number of anilines is 1. The van der Waals surface area contributed by atoms with Gasteiger partial charge in [0.25, 0.3) is 0 Å². The van der Waals surface area contributed by atoms with E-state index in [0.29, 0.717) is 17.9 Å². The molecule has 3 N–H and O–H groups in total. The lowest BCUT2D eigenvalue weighted by atomic mass is 10.1. The molecule has 1 aliphatic carbocycles. The Bertz CT molecular complexity index is 1140. The minimum atomic E-state index is -4.83. The molecule has 35 heavy (non-hydrogen) atoms. The number of piperidine rings is 1. The normalized spacial score (nSPS) is 20.2. The SMILES string of the molecule is CC(C)(C)OC(=O)N1CCC(F)(S(=O)(=O)c2c(Cl)ccc(NC(=O)NC3CCC=C3Cl)c2O)CC1. The summed E-state index contributed by atoms with van der Waals surface area (Å²) in [7, 11) is -4.83. The van der Waals surface area contributed by atoms with E-state index in [1.807, 2.05) is 0 Å². The zero-order chi connectivity index (χ0) is 26.2. The van der Waals surface area contributed by atoms with Crippen LogP contribution in [0.1, 0.15) is 46.5 Å². The second-order valence-corrected chi connectivity index (χ2v) is 12.4. The van der Waals surface area contributed by atoms with Gasteiger partial charge in [0.15, 0.2) is 5.75 Å². The number of carbonyl (C=O) groups excluding carboxylic acids is 2. The summed E-state index contributed by atoms with van der Waals surface area (Å²) < 4.78 is 47.7. The number of phenols is 1. The Labute approximate surface area is 213 Å². The molecule has 0 bridgehead atoms. The molecule has 9 nitrogen and oxygen atoms in total. The molecule has 1 saturated heterocycles. The standard InChI is InChI=1S/C22H28Cl2FN3O6S/c1-21(2,3)34-20(31)28-11-9-22(25,10-12-28)35(32,33)18-14(24)7-8-16(17(18)29)27-19(30)26-15-6-4-5-13(15)23/h5,7-8,15,29H,4,6,9-12H2,1-3H3,(H2,26,27,30). The van der Waals surface area contributed by atoms with E-state index in [0.717, 1.165) is 6.07 Å². The van der Waals surface area contributed by atoms with Gasteiger partial charge in [-0.05, 0) is 45.7 Å². The summed E-state index contributed by atoms with van der Waals surface area (Å²) >= 11 is 12.1. The Morgan fingerprint density at radius 3 is 2.40 bits per heavy atom. The highest BCUT2D eigenvalue weighted by Gasteiger charge is 2.50. The molecule has 1 aliphatic heterocycles. The molecular formula is C22H28Cl2FN3O6S. The van der Waals surface area contributed by atoms with Gasteiger partial charge in [0.1, 0.15) is 10.5 Å². The molecule has 2 aliphatic rings. The van der Waals surface area contributed by atoms with E-state index in [-0.39, 0.29) is 18.8 Å². The highest BCUT2D eigenvalue weighted by atomic mass is 35.5. The van der Waals surface area contributed by atoms with Crippen LogP contribution in [0.15, 0.2) is 28.1 Å². The van der Waals surface area contributed by atoms with E-state index in [2.05, 4.69) is 10.6 Å². The Morgan fingerprint density at radius 1 is 1.23 bits per heavy atom. The number of likely N-dealkylation sites (tertiary alicyclic amines) is 1. The van der Waals surface area contributed by atoms with Gasteiger partial charge in [-0.2, -0.15) is 0 Å². The fraction of sp³-hybridized carbons (Fsp3) is 0.545. The number of aromatic hydroxyl groups is 1. The number of allylic oxidation sites excluding steroid dienone is 1. The average molecular weight is 552 g/mol. The van der Waals surface area contributed by atoms with Crippen molar-refractivity contribution >= 4 is 50.9 Å². The number of nitrogens with one attached hydrogen (secondary N) is 2. The predicted molar refractivity (Wildman–Crippen MR) is 130 cm³/mol. The summed E-state index contributed by atoms with van der Waals surface area (Å²) in [4.78, 5) is 25.0. The lowest BCUT2D eigenvalue weighted by Crippen LogP contribution is -2.49. The quantitative estimate of drug-likeness (QED) is 0.456. The molecule has 1 aromatic carbocycles. The van der Waals surface area contributed by atoms with Crippen LogP contribution in [0, 0.1) is 0 Å². The third-order valence-electron chi connectivity index (χ3n) is 5.68. The van der Waals surface area contributed by atoms with Crippen molar-refractivity contribution in [1.82, 2.24) is 10.2 Å². The Kier molecular flexibility index (Phi) is 7.83. The van der Waals surface area contributed by atoms with Gasteiger partial charge in [-0.15, -0.1) is 0 Å². The van der Waals surface area contributed by atoms with Gasteiger partial charge >= 0.3 is 12.1 Å². The number of amides is 3. The number of urea groups is 1. The molecule has 1 atom stereocenters.